The summed E-state index contributed by atoms with van der Waals surface area (Å²) in [6.45, 7) is 7.54. The highest BCUT2D eigenvalue weighted by atomic mass is 32.1. The van der Waals surface area contributed by atoms with E-state index < -0.39 is 0 Å². The van der Waals surface area contributed by atoms with Crippen LogP contribution in [0.5, 0.6) is 0 Å². The lowest BCUT2D eigenvalue weighted by Crippen LogP contribution is -2.45. The lowest BCUT2D eigenvalue weighted by Gasteiger charge is -2.40. The van der Waals surface area contributed by atoms with Gasteiger partial charge in [-0.25, -0.2) is 4.98 Å². The fraction of sp³-hybridized carbons (Fsp3) is 0.760. The minimum atomic E-state index is 0.0304. The first-order valence-corrected chi connectivity index (χ1v) is 13.8. The highest BCUT2D eigenvalue weighted by Gasteiger charge is 2.42. The number of fused-ring (bicyclic) bond motifs is 2. The molecule has 180 valence electrons. The van der Waals surface area contributed by atoms with Gasteiger partial charge in [-0.2, -0.15) is 0 Å². The van der Waals surface area contributed by atoms with Crippen molar-refractivity contribution in [1.82, 2.24) is 30.0 Å². The summed E-state index contributed by atoms with van der Waals surface area (Å²) in [5.41, 5.74) is 0. The second-order valence-electron chi connectivity index (χ2n) is 10.6. The third-order valence-electron chi connectivity index (χ3n) is 8.10. The van der Waals surface area contributed by atoms with E-state index >= 15 is 0 Å². The molecule has 5 rings (SSSR count). The van der Waals surface area contributed by atoms with E-state index in [-0.39, 0.29) is 17.9 Å². The number of piperidine rings is 1. The number of carbonyl (C=O) groups excluding carboxylic acids is 1. The molecule has 0 aromatic carbocycles. The number of aromatic nitrogens is 4. The minimum Gasteiger partial charge on any atom is -0.347 e. The van der Waals surface area contributed by atoms with Gasteiger partial charge in [-0.3, -0.25) is 9.69 Å². The van der Waals surface area contributed by atoms with E-state index in [2.05, 4.69) is 50.7 Å². The van der Waals surface area contributed by atoms with E-state index in [0.717, 1.165) is 42.5 Å². The van der Waals surface area contributed by atoms with Crippen LogP contribution in [0.25, 0.3) is 0 Å². The van der Waals surface area contributed by atoms with Crippen LogP contribution in [0.4, 0.5) is 0 Å². The maximum Gasteiger partial charge on any atom is 0.223 e. The lowest BCUT2D eigenvalue weighted by molar-refractivity contribution is -0.125. The maximum absolute atomic E-state index is 12.9. The standard InChI is InChI=1S/C25H38N6OS/c1-16(2)23-29-28-17(3)31(23)21-14-19-8-9-20(15-21)30(19)12-10-22(25-26-11-13-33-25)27-24(32)18-6-4-5-7-18/h11,13,16,18-22H,4-10,12,14-15H2,1-3H3,(H,27,32)/t19-,20+,21-,22-/m0/s1. The van der Waals surface area contributed by atoms with Crippen molar-refractivity contribution in [1.29, 1.82) is 0 Å². The number of thiazole rings is 1. The fourth-order valence-corrected chi connectivity index (χ4v) is 7.20. The van der Waals surface area contributed by atoms with Crippen LogP contribution < -0.4 is 5.32 Å². The molecule has 1 aliphatic carbocycles. The molecule has 8 heteroatoms. The van der Waals surface area contributed by atoms with Crippen LogP contribution in [-0.4, -0.2) is 49.2 Å². The van der Waals surface area contributed by atoms with Crippen molar-refractivity contribution >= 4 is 17.2 Å². The second kappa shape index (κ2) is 9.82. The molecule has 3 aliphatic rings. The van der Waals surface area contributed by atoms with Crippen LogP contribution in [0.15, 0.2) is 11.6 Å². The maximum atomic E-state index is 12.9. The van der Waals surface area contributed by atoms with Gasteiger partial charge in [0.05, 0.1) is 6.04 Å². The number of carbonyl (C=O) groups is 1. The largest absolute Gasteiger partial charge is 0.347 e. The zero-order valence-electron chi connectivity index (χ0n) is 20.2. The third-order valence-corrected chi connectivity index (χ3v) is 8.99. The molecule has 3 fully saturated rings. The van der Waals surface area contributed by atoms with Gasteiger partial charge in [0.15, 0.2) is 0 Å². The molecule has 1 N–H and O–H groups in total. The first-order chi connectivity index (χ1) is 16.0. The number of hydrogen-bond acceptors (Lipinski definition) is 6. The van der Waals surface area contributed by atoms with Crippen molar-refractivity contribution in [3.63, 3.8) is 0 Å². The van der Waals surface area contributed by atoms with Crippen LogP contribution in [0, 0.1) is 12.8 Å². The number of aryl methyl sites for hydroxylation is 1. The van der Waals surface area contributed by atoms with Crippen molar-refractivity contribution in [2.24, 2.45) is 5.92 Å². The van der Waals surface area contributed by atoms with Gasteiger partial charge < -0.3 is 9.88 Å². The van der Waals surface area contributed by atoms with Gasteiger partial charge in [0, 0.05) is 48.1 Å². The van der Waals surface area contributed by atoms with Crippen molar-refractivity contribution in [3.8, 4) is 0 Å². The molecular weight excluding hydrogens is 432 g/mol. The molecule has 1 saturated carbocycles. The number of nitrogens with one attached hydrogen (secondary N) is 1. The molecule has 4 atom stereocenters. The normalized spacial score (nSPS) is 26.8. The van der Waals surface area contributed by atoms with Crippen LogP contribution in [0.3, 0.4) is 0 Å². The zero-order valence-corrected chi connectivity index (χ0v) is 21.1. The molecule has 33 heavy (non-hydrogen) atoms. The molecule has 0 radical (unpaired) electrons. The van der Waals surface area contributed by atoms with Gasteiger partial charge in [0.2, 0.25) is 5.91 Å². The quantitative estimate of drug-likeness (QED) is 0.601. The Morgan fingerprint density at radius 3 is 2.48 bits per heavy atom. The first kappa shape index (κ1) is 23.0. The Morgan fingerprint density at radius 2 is 1.85 bits per heavy atom. The molecule has 7 nitrogen and oxygen atoms in total. The summed E-state index contributed by atoms with van der Waals surface area (Å²) in [5, 5.41) is 15.3. The van der Waals surface area contributed by atoms with Gasteiger partial charge in [-0.05, 0) is 51.9 Å². The highest BCUT2D eigenvalue weighted by Crippen LogP contribution is 2.42. The number of rotatable bonds is 8. The van der Waals surface area contributed by atoms with Gasteiger partial charge in [-0.15, -0.1) is 21.5 Å². The topological polar surface area (TPSA) is 75.9 Å². The summed E-state index contributed by atoms with van der Waals surface area (Å²) in [6.07, 6.45) is 12.1. The van der Waals surface area contributed by atoms with E-state index in [1.165, 1.54) is 38.5 Å². The Balaban J connectivity index is 1.24. The Hall–Kier alpha value is -1.80. The molecule has 2 aliphatic heterocycles. The van der Waals surface area contributed by atoms with Gasteiger partial charge >= 0.3 is 0 Å². The number of hydrogen-bond donors (Lipinski definition) is 1. The summed E-state index contributed by atoms with van der Waals surface area (Å²) in [6, 6.07) is 1.75. The van der Waals surface area contributed by atoms with Gasteiger partial charge in [0.25, 0.3) is 0 Å². The SMILES string of the molecule is Cc1nnc(C(C)C)n1[C@@H]1C[C@H]2CC[C@@H](C1)N2CC[C@H](NC(=O)C1CCCC1)c1nccs1. The van der Waals surface area contributed by atoms with Crippen LogP contribution in [-0.2, 0) is 4.79 Å². The molecule has 2 saturated heterocycles. The van der Waals surface area contributed by atoms with E-state index in [1.54, 1.807) is 11.3 Å². The zero-order chi connectivity index (χ0) is 22.9. The summed E-state index contributed by atoms with van der Waals surface area (Å²) in [4.78, 5) is 20.2. The first-order valence-electron chi connectivity index (χ1n) is 12.9. The van der Waals surface area contributed by atoms with Crippen molar-refractivity contribution in [3.05, 3.63) is 28.2 Å². The lowest BCUT2D eigenvalue weighted by atomic mass is 9.95. The summed E-state index contributed by atoms with van der Waals surface area (Å²) in [7, 11) is 0. The van der Waals surface area contributed by atoms with Crippen molar-refractivity contribution < 1.29 is 4.79 Å². The van der Waals surface area contributed by atoms with E-state index in [0.29, 0.717) is 24.0 Å². The molecule has 4 heterocycles. The Kier molecular flexibility index (Phi) is 6.84. The van der Waals surface area contributed by atoms with Crippen LogP contribution in [0.2, 0.25) is 0 Å². The molecule has 1 amide bonds. The summed E-state index contributed by atoms with van der Waals surface area (Å²) < 4.78 is 2.42. The molecule has 2 bridgehead atoms. The van der Waals surface area contributed by atoms with E-state index in [9.17, 15) is 4.79 Å². The molecule has 2 aromatic heterocycles. The van der Waals surface area contributed by atoms with Gasteiger partial charge in [0.1, 0.15) is 16.7 Å². The molecular formula is C25H38N6OS. The van der Waals surface area contributed by atoms with E-state index in [1.807, 2.05) is 11.6 Å². The smallest absolute Gasteiger partial charge is 0.223 e. The molecule has 2 aromatic rings. The summed E-state index contributed by atoms with van der Waals surface area (Å²) in [5.74, 6) is 3.00. The number of amides is 1. The Bertz CT molecular complexity index is 921. The van der Waals surface area contributed by atoms with Crippen molar-refractivity contribution in [2.75, 3.05) is 6.54 Å². The third kappa shape index (κ3) is 4.74. The van der Waals surface area contributed by atoms with Crippen LogP contribution in [0.1, 0.15) is 106 Å². The fourth-order valence-electron chi connectivity index (χ4n) is 6.47. The van der Waals surface area contributed by atoms with E-state index in [4.69, 9.17) is 0 Å². The second-order valence-corrected chi connectivity index (χ2v) is 11.5. The highest BCUT2D eigenvalue weighted by molar-refractivity contribution is 7.09. The number of nitrogens with zero attached hydrogens (tertiary/aromatic N) is 5. The average molecular weight is 471 g/mol. The predicted molar refractivity (Wildman–Crippen MR) is 130 cm³/mol. The van der Waals surface area contributed by atoms with Crippen molar-refractivity contribution in [2.45, 2.75) is 109 Å². The monoisotopic (exact) mass is 470 g/mol. The Labute approximate surface area is 201 Å². The van der Waals surface area contributed by atoms with Crippen LogP contribution >= 0.6 is 11.3 Å². The van der Waals surface area contributed by atoms with Gasteiger partial charge in [-0.1, -0.05) is 26.7 Å². The average Bonchev–Trinajstić information content (AvgIpc) is 3.59. The molecule has 0 spiro atoms. The predicted octanol–water partition coefficient (Wildman–Crippen LogP) is 4.77. The summed E-state index contributed by atoms with van der Waals surface area (Å²) >= 11 is 1.66. The Morgan fingerprint density at radius 1 is 1.12 bits per heavy atom. The molecule has 0 unspecified atom stereocenters. The minimum absolute atomic E-state index is 0.0304.